The molecule has 1 amide bonds. The summed E-state index contributed by atoms with van der Waals surface area (Å²) < 4.78 is 2.55. The number of carbonyl (C=O) groups is 1. The lowest BCUT2D eigenvalue weighted by Gasteiger charge is -2.11. The second-order valence-corrected chi connectivity index (χ2v) is 5.65. The van der Waals surface area contributed by atoms with Crippen LogP contribution in [0.1, 0.15) is 49.2 Å². The predicted molar refractivity (Wildman–Crippen MR) is 78.2 cm³/mol. The zero-order chi connectivity index (χ0) is 14.7. The minimum Gasteiger partial charge on any atom is -0.341 e. The minimum atomic E-state index is -0.278. The third-order valence-corrected chi connectivity index (χ3v) is 3.15. The fourth-order valence-electron chi connectivity index (χ4n) is 1.63. The molecule has 0 aliphatic carbocycles. The van der Waals surface area contributed by atoms with Crippen molar-refractivity contribution in [2.45, 2.75) is 32.9 Å². The van der Waals surface area contributed by atoms with Crippen molar-refractivity contribution in [1.82, 2.24) is 25.1 Å². The Hall–Kier alpha value is -1.76. The van der Waals surface area contributed by atoms with Crippen LogP contribution in [0, 0.1) is 0 Å². The molecule has 2 rings (SSSR count). The molecule has 0 spiro atoms. The number of carbonyl (C=O) groups excluding carboxylic acids is 1. The predicted octanol–water partition coefficient (Wildman–Crippen LogP) is 2.51. The van der Waals surface area contributed by atoms with Crippen LogP contribution in [0.3, 0.4) is 0 Å². The lowest BCUT2D eigenvalue weighted by molar-refractivity contribution is 0.0932. The van der Waals surface area contributed by atoms with Gasteiger partial charge in [-0.25, -0.2) is 9.97 Å². The molecule has 0 unspecified atom stereocenters. The first-order chi connectivity index (χ1) is 9.47. The molecule has 2 aromatic rings. The van der Waals surface area contributed by atoms with Gasteiger partial charge in [0.05, 0.1) is 10.5 Å². The zero-order valence-corrected chi connectivity index (χ0v) is 13.1. The summed E-state index contributed by atoms with van der Waals surface area (Å²) in [7, 11) is 0. The summed E-state index contributed by atoms with van der Waals surface area (Å²) in [6.07, 6.45) is 5.09. The topological polar surface area (TPSA) is 72.7 Å². The molecular formula is C13H16BrN5O. The molecule has 0 aliphatic rings. The molecule has 1 N–H and O–H groups in total. The molecule has 0 radical (unpaired) electrons. The normalized spacial score (nSPS) is 12.4. The van der Waals surface area contributed by atoms with E-state index in [4.69, 9.17) is 0 Å². The molecule has 20 heavy (non-hydrogen) atoms. The third-order valence-electron chi connectivity index (χ3n) is 2.75. The number of nitrogens with one attached hydrogen (secondary N) is 1. The molecule has 2 heterocycles. The van der Waals surface area contributed by atoms with Crippen molar-refractivity contribution in [3.63, 3.8) is 0 Å². The highest BCUT2D eigenvalue weighted by molar-refractivity contribution is 9.10. The summed E-state index contributed by atoms with van der Waals surface area (Å²) in [6.45, 7) is 5.85. The molecule has 1 atom stereocenters. The van der Waals surface area contributed by atoms with E-state index in [0.29, 0.717) is 11.5 Å². The van der Waals surface area contributed by atoms with Gasteiger partial charge in [0.25, 0.3) is 5.91 Å². The Morgan fingerprint density at radius 2 is 1.95 bits per heavy atom. The van der Waals surface area contributed by atoms with Crippen LogP contribution in [-0.4, -0.2) is 25.7 Å². The molecule has 7 heteroatoms. The molecular weight excluding hydrogens is 322 g/mol. The second-order valence-electron chi connectivity index (χ2n) is 4.73. The van der Waals surface area contributed by atoms with Gasteiger partial charge in [-0.1, -0.05) is 0 Å². The Morgan fingerprint density at radius 1 is 1.30 bits per heavy atom. The molecule has 0 aromatic carbocycles. The smallest absolute Gasteiger partial charge is 0.272 e. The zero-order valence-electron chi connectivity index (χ0n) is 11.5. The number of aromatic nitrogens is 4. The van der Waals surface area contributed by atoms with Gasteiger partial charge < -0.3 is 5.32 Å². The molecule has 2 aromatic heterocycles. The molecule has 0 aliphatic heterocycles. The van der Waals surface area contributed by atoms with E-state index >= 15 is 0 Å². The molecule has 0 saturated carbocycles. The number of halogens is 1. The number of hydrogen-bond donors (Lipinski definition) is 1. The van der Waals surface area contributed by atoms with Crippen molar-refractivity contribution in [2.75, 3.05) is 0 Å². The maximum absolute atomic E-state index is 12.1. The van der Waals surface area contributed by atoms with E-state index in [1.807, 2.05) is 20.8 Å². The Kier molecular flexibility index (Phi) is 4.49. The second kappa shape index (κ2) is 6.13. The first-order valence-corrected chi connectivity index (χ1v) is 7.10. The maximum Gasteiger partial charge on any atom is 0.272 e. The van der Waals surface area contributed by atoms with Crippen molar-refractivity contribution < 1.29 is 4.79 Å². The van der Waals surface area contributed by atoms with Crippen LogP contribution in [0.4, 0.5) is 0 Å². The molecule has 106 valence electrons. The SMILES string of the molecule is CC(C)n1ccc(C(=O)N[C@@H](C)c2ncc(Br)cn2)n1. The molecule has 6 nitrogen and oxygen atoms in total. The van der Waals surface area contributed by atoms with E-state index in [-0.39, 0.29) is 18.0 Å². The van der Waals surface area contributed by atoms with Crippen molar-refractivity contribution in [1.29, 1.82) is 0 Å². The highest BCUT2D eigenvalue weighted by atomic mass is 79.9. The van der Waals surface area contributed by atoms with Crippen LogP contribution < -0.4 is 5.32 Å². The highest BCUT2D eigenvalue weighted by Crippen LogP contribution is 2.11. The monoisotopic (exact) mass is 337 g/mol. The fourth-order valence-corrected chi connectivity index (χ4v) is 1.83. The summed E-state index contributed by atoms with van der Waals surface area (Å²) in [5.41, 5.74) is 0.391. The lowest BCUT2D eigenvalue weighted by atomic mass is 10.3. The van der Waals surface area contributed by atoms with Crippen molar-refractivity contribution in [3.05, 3.63) is 40.6 Å². The lowest BCUT2D eigenvalue weighted by Crippen LogP contribution is -2.28. The van der Waals surface area contributed by atoms with Crippen LogP contribution >= 0.6 is 15.9 Å². The Labute approximate surface area is 125 Å². The summed E-state index contributed by atoms with van der Waals surface area (Å²) >= 11 is 3.27. The van der Waals surface area contributed by atoms with Gasteiger partial charge in [0.1, 0.15) is 11.5 Å². The quantitative estimate of drug-likeness (QED) is 0.930. The van der Waals surface area contributed by atoms with Crippen LogP contribution in [0.5, 0.6) is 0 Å². The van der Waals surface area contributed by atoms with Crippen LogP contribution in [-0.2, 0) is 0 Å². The van der Waals surface area contributed by atoms with Gasteiger partial charge >= 0.3 is 0 Å². The van der Waals surface area contributed by atoms with Gasteiger partial charge in [0.15, 0.2) is 0 Å². The van der Waals surface area contributed by atoms with E-state index in [2.05, 4.69) is 36.3 Å². The summed E-state index contributed by atoms with van der Waals surface area (Å²) in [6, 6.07) is 1.65. The van der Waals surface area contributed by atoms with Crippen molar-refractivity contribution in [3.8, 4) is 0 Å². The first-order valence-electron chi connectivity index (χ1n) is 6.31. The highest BCUT2D eigenvalue weighted by Gasteiger charge is 2.16. The van der Waals surface area contributed by atoms with Gasteiger partial charge in [0, 0.05) is 24.6 Å². The van der Waals surface area contributed by atoms with Crippen molar-refractivity contribution >= 4 is 21.8 Å². The van der Waals surface area contributed by atoms with Gasteiger partial charge in [-0.3, -0.25) is 9.48 Å². The molecule has 0 bridgehead atoms. The van der Waals surface area contributed by atoms with E-state index in [1.54, 1.807) is 29.3 Å². The minimum absolute atomic E-state index is 0.226. The Balaban J connectivity index is 2.04. The molecule has 0 fully saturated rings. The summed E-state index contributed by atoms with van der Waals surface area (Å²) in [4.78, 5) is 20.4. The van der Waals surface area contributed by atoms with E-state index < -0.39 is 0 Å². The van der Waals surface area contributed by atoms with Crippen LogP contribution in [0.25, 0.3) is 0 Å². The number of hydrogen-bond acceptors (Lipinski definition) is 4. The summed E-state index contributed by atoms with van der Waals surface area (Å²) in [5, 5.41) is 7.06. The fraction of sp³-hybridized carbons (Fsp3) is 0.385. The van der Waals surface area contributed by atoms with Gasteiger partial charge in [0.2, 0.25) is 0 Å². The first kappa shape index (κ1) is 14.6. The Morgan fingerprint density at radius 3 is 2.50 bits per heavy atom. The van der Waals surface area contributed by atoms with Crippen LogP contribution in [0.15, 0.2) is 29.1 Å². The van der Waals surface area contributed by atoms with Gasteiger partial charge in [-0.15, -0.1) is 0 Å². The van der Waals surface area contributed by atoms with Gasteiger partial charge in [-0.05, 0) is 42.8 Å². The number of amides is 1. The summed E-state index contributed by atoms with van der Waals surface area (Å²) in [5.74, 6) is 0.327. The van der Waals surface area contributed by atoms with E-state index in [9.17, 15) is 4.79 Å². The third kappa shape index (κ3) is 3.41. The number of rotatable bonds is 4. The largest absolute Gasteiger partial charge is 0.341 e. The van der Waals surface area contributed by atoms with E-state index in [0.717, 1.165) is 4.47 Å². The van der Waals surface area contributed by atoms with E-state index in [1.165, 1.54) is 0 Å². The van der Waals surface area contributed by atoms with Crippen molar-refractivity contribution in [2.24, 2.45) is 0 Å². The van der Waals surface area contributed by atoms with Crippen LogP contribution in [0.2, 0.25) is 0 Å². The number of nitrogens with zero attached hydrogens (tertiary/aromatic N) is 4. The standard InChI is InChI=1S/C13H16BrN5O/c1-8(2)19-5-4-11(18-19)13(20)17-9(3)12-15-6-10(14)7-16-12/h4-9H,1-3H3,(H,17,20)/t9-/m0/s1. The molecule has 0 saturated heterocycles. The average Bonchev–Trinajstić information content (AvgIpc) is 2.89. The maximum atomic E-state index is 12.1. The Bertz CT molecular complexity index is 593. The van der Waals surface area contributed by atoms with Gasteiger partial charge in [-0.2, -0.15) is 5.10 Å². The average molecular weight is 338 g/mol.